The van der Waals surface area contributed by atoms with Gasteiger partial charge in [0, 0.05) is 6.20 Å². The fourth-order valence-electron chi connectivity index (χ4n) is 2.93. The second-order valence-electron chi connectivity index (χ2n) is 5.80. The molecule has 2 aromatic carbocycles. The van der Waals surface area contributed by atoms with E-state index in [0.717, 1.165) is 11.0 Å². The molecular formula is C19H13N5O2. The maximum absolute atomic E-state index is 12.2. The first-order valence-electron chi connectivity index (χ1n) is 8.07. The summed E-state index contributed by atoms with van der Waals surface area (Å²) in [7, 11) is 0. The molecule has 0 spiro atoms. The second-order valence-corrected chi connectivity index (χ2v) is 5.80. The Morgan fingerprint density at radius 1 is 0.885 bits per heavy atom. The lowest BCUT2D eigenvalue weighted by atomic mass is 10.3. The molecule has 0 atom stereocenters. The number of aromatic amines is 2. The van der Waals surface area contributed by atoms with Crippen LogP contribution in [0.5, 0.6) is 11.8 Å². The molecule has 2 N–H and O–H groups in total. The fourth-order valence-corrected chi connectivity index (χ4v) is 2.93. The van der Waals surface area contributed by atoms with Gasteiger partial charge in [-0.25, -0.2) is 14.3 Å². The first-order valence-corrected chi connectivity index (χ1v) is 8.07. The number of hydrogen-bond acceptors (Lipinski definition) is 4. The monoisotopic (exact) mass is 343 g/mol. The summed E-state index contributed by atoms with van der Waals surface area (Å²) in [4.78, 5) is 26.8. The van der Waals surface area contributed by atoms with E-state index in [1.54, 1.807) is 36.5 Å². The van der Waals surface area contributed by atoms with Crippen molar-refractivity contribution in [2.24, 2.45) is 0 Å². The highest BCUT2D eigenvalue weighted by Gasteiger charge is 2.10. The number of nitrogens with one attached hydrogen (secondary N) is 2. The first kappa shape index (κ1) is 14.5. The Morgan fingerprint density at radius 2 is 1.69 bits per heavy atom. The van der Waals surface area contributed by atoms with Crippen LogP contribution in [0.15, 0.2) is 71.7 Å². The number of hydrogen-bond donors (Lipinski definition) is 2. The molecule has 0 unspecified atom stereocenters. The van der Waals surface area contributed by atoms with Crippen LogP contribution in [0.4, 0.5) is 0 Å². The maximum atomic E-state index is 12.2. The third kappa shape index (κ3) is 2.34. The van der Waals surface area contributed by atoms with Gasteiger partial charge in [-0.15, -0.1) is 0 Å². The van der Waals surface area contributed by atoms with Crippen LogP contribution >= 0.6 is 0 Å². The molecule has 0 aliphatic heterocycles. The molecule has 3 heterocycles. The van der Waals surface area contributed by atoms with Gasteiger partial charge in [0.25, 0.3) is 6.01 Å². The average molecular weight is 343 g/mol. The molecule has 3 aromatic heterocycles. The quantitative estimate of drug-likeness (QED) is 0.525. The Labute approximate surface area is 146 Å². The Bertz CT molecular complexity index is 1250. The minimum Gasteiger partial charge on any atom is -0.426 e. The van der Waals surface area contributed by atoms with Gasteiger partial charge < -0.3 is 14.7 Å². The molecule has 7 heteroatoms. The summed E-state index contributed by atoms with van der Waals surface area (Å²) in [6, 6.07) is 18.9. The molecule has 7 nitrogen and oxygen atoms in total. The summed E-state index contributed by atoms with van der Waals surface area (Å²) < 4.78 is 7.30. The van der Waals surface area contributed by atoms with E-state index < -0.39 is 0 Å². The van der Waals surface area contributed by atoms with Gasteiger partial charge in [-0.05, 0) is 48.5 Å². The van der Waals surface area contributed by atoms with Crippen LogP contribution in [0.2, 0.25) is 0 Å². The van der Waals surface area contributed by atoms with Crippen LogP contribution in [0.1, 0.15) is 0 Å². The van der Waals surface area contributed by atoms with Crippen molar-refractivity contribution in [2.75, 3.05) is 0 Å². The number of rotatable bonds is 3. The number of H-pyrrole nitrogens is 2. The van der Waals surface area contributed by atoms with Crippen LogP contribution < -0.4 is 10.4 Å². The SMILES string of the molecule is O=c1[nH]c2cccnc2n1-c1ccc(Oc2nc3ccccc3[nH]2)cc1. The fraction of sp³-hybridized carbons (Fsp3) is 0. The van der Waals surface area contributed by atoms with Gasteiger partial charge >= 0.3 is 5.69 Å². The van der Waals surface area contributed by atoms with Gasteiger partial charge in [0.1, 0.15) is 5.75 Å². The second kappa shape index (κ2) is 5.59. The van der Waals surface area contributed by atoms with Crippen molar-refractivity contribution in [2.45, 2.75) is 0 Å². The largest absolute Gasteiger partial charge is 0.426 e. The Morgan fingerprint density at radius 3 is 2.54 bits per heavy atom. The molecule has 5 aromatic rings. The molecule has 5 rings (SSSR count). The predicted octanol–water partition coefficient (Wildman–Crippen LogP) is 3.38. The van der Waals surface area contributed by atoms with Gasteiger partial charge in [-0.1, -0.05) is 12.1 Å². The van der Waals surface area contributed by atoms with Crippen molar-refractivity contribution < 1.29 is 4.74 Å². The van der Waals surface area contributed by atoms with Crippen LogP contribution in [0.3, 0.4) is 0 Å². The minimum atomic E-state index is -0.232. The first-order chi connectivity index (χ1) is 12.8. The van der Waals surface area contributed by atoms with Gasteiger partial charge in [-0.2, -0.15) is 4.98 Å². The molecule has 0 aliphatic rings. The third-order valence-corrected chi connectivity index (χ3v) is 4.12. The molecule has 0 fully saturated rings. The number of fused-ring (bicyclic) bond motifs is 2. The van der Waals surface area contributed by atoms with Crippen molar-refractivity contribution in [3.05, 3.63) is 77.3 Å². The summed E-state index contributed by atoms with van der Waals surface area (Å²) in [5.74, 6) is 0.619. The molecule has 0 saturated carbocycles. The predicted molar refractivity (Wildman–Crippen MR) is 97.9 cm³/mol. The lowest BCUT2D eigenvalue weighted by Gasteiger charge is -2.05. The zero-order valence-corrected chi connectivity index (χ0v) is 13.5. The van der Waals surface area contributed by atoms with Crippen LogP contribution in [-0.4, -0.2) is 24.5 Å². The van der Waals surface area contributed by atoms with E-state index in [9.17, 15) is 4.79 Å². The number of benzene rings is 2. The molecule has 0 aliphatic carbocycles. The lowest BCUT2D eigenvalue weighted by Crippen LogP contribution is -2.14. The molecular weight excluding hydrogens is 330 g/mol. The standard InChI is InChI=1S/C19H13N5O2/c25-19-23-16-6-3-11-20-17(16)24(19)12-7-9-13(10-8-12)26-18-21-14-4-1-2-5-15(14)22-18/h1-11H,(H,21,22)(H,23,25). The van der Waals surface area contributed by atoms with Gasteiger partial charge in [-0.3, -0.25) is 0 Å². The number of ether oxygens (including phenoxy) is 1. The van der Waals surface area contributed by atoms with Crippen molar-refractivity contribution in [1.29, 1.82) is 0 Å². The molecule has 0 bridgehead atoms. The highest BCUT2D eigenvalue weighted by Crippen LogP contribution is 2.23. The van der Waals surface area contributed by atoms with E-state index in [0.29, 0.717) is 28.6 Å². The normalized spacial score (nSPS) is 11.2. The summed E-state index contributed by atoms with van der Waals surface area (Å²) in [5, 5.41) is 0. The van der Waals surface area contributed by atoms with Gasteiger partial charge in [0.05, 0.1) is 22.2 Å². The molecule has 0 saturated heterocycles. The highest BCUT2D eigenvalue weighted by molar-refractivity contribution is 5.75. The summed E-state index contributed by atoms with van der Waals surface area (Å²) in [5.41, 5.74) is 3.51. The van der Waals surface area contributed by atoms with E-state index in [-0.39, 0.29) is 5.69 Å². The molecule has 0 radical (unpaired) electrons. The third-order valence-electron chi connectivity index (χ3n) is 4.12. The summed E-state index contributed by atoms with van der Waals surface area (Å²) in [6.45, 7) is 0. The molecule has 126 valence electrons. The zero-order chi connectivity index (χ0) is 17.5. The number of aromatic nitrogens is 5. The highest BCUT2D eigenvalue weighted by atomic mass is 16.5. The summed E-state index contributed by atoms with van der Waals surface area (Å²) >= 11 is 0. The van der Waals surface area contributed by atoms with E-state index in [4.69, 9.17) is 4.74 Å². The van der Waals surface area contributed by atoms with Gasteiger partial charge in [0.2, 0.25) is 0 Å². The van der Waals surface area contributed by atoms with E-state index in [1.807, 2.05) is 30.3 Å². The van der Waals surface area contributed by atoms with Crippen molar-refractivity contribution in [1.82, 2.24) is 24.5 Å². The Hall–Kier alpha value is -3.87. The van der Waals surface area contributed by atoms with Gasteiger partial charge in [0.15, 0.2) is 5.65 Å². The van der Waals surface area contributed by atoms with Crippen molar-refractivity contribution in [3.63, 3.8) is 0 Å². The topological polar surface area (TPSA) is 88.6 Å². The van der Waals surface area contributed by atoms with Crippen molar-refractivity contribution >= 4 is 22.2 Å². The number of pyridine rings is 1. The molecule has 0 amide bonds. The van der Waals surface area contributed by atoms with Crippen molar-refractivity contribution in [3.8, 4) is 17.4 Å². The summed E-state index contributed by atoms with van der Waals surface area (Å²) in [6.07, 6.45) is 1.66. The van der Waals surface area contributed by atoms with Crippen LogP contribution in [0.25, 0.3) is 27.9 Å². The number of nitrogens with zero attached hydrogens (tertiary/aromatic N) is 3. The van der Waals surface area contributed by atoms with Crippen LogP contribution in [-0.2, 0) is 0 Å². The smallest absolute Gasteiger partial charge is 0.332 e. The lowest BCUT2D eigenvalue weighted by molar-refractivity contribution is 0.449. The number of para-hydroxylation sites is 2. The van der Waals surface area contributed by atoms with E-state index >= 15 is 0 Å². The molecule has 26 heavy (non-hydrogen) atoms. The minimum absolute atomic E-state index is 0.232. The Kier molecular flexibility index (Phi) is 3.11. The van der Waals surface area contributed by atoms with E-state index in [2.05, 4.69) is 19.9 Å². The maximum Gasteiger partial charge on any atom is 0.332 e. The average Bonchev–Trinajstić information content (AvgIpc) is 3.21. The Balaban J connectivity index is 1.48. The van der Waals surface area contributed by atoms with E-state index in [1.165, 1.54) is 4.57 Å². The number of imidazole rings is 2. The van der Waals surface area contributed by atoms with Crippen LogP contribution in [0, 0.1) is 0 Å². The zero-order valence-electron chi connectivity index (χ0n) is 13.5.